The lowest BCUT2D eigenvalue weighted by molar-refractivity contribution is -0.113. The quantitative estimate of drug-likeness (QED) is 0.322. The van der Waals surface area contributed by atoms with Gasteiger partial charge in [-0.05, 0) is 26.0 Å². The summed E-state index contributed by atoms with van der Waals surface area (Å²) in [6.07, 6.45) is 1.37. The van der Waals surface area contributed by atoms with E-state index in [1.165, 1.54) is 20.2 Å². The predicted octanol–water partition coefficient (Wildman–Crippen LogP) is 2.69. The first-order valence-electron chi connectivity index (χ1n) is 7.30. The van der Waals surface area contributed by atoms with Crippen molar-refractivity contribution in [1.82, 2.24) is 25.0 Å². The number of benzene rings is 1. The molecule has 0 atom stereocenters. The van der Waals surface area contributed by atoms with E-state index in [1.54, 1.807) is 11.8 Å². The van der Waals surface area contributed by atoms with Gasteiger partial charge in [-0.3, -0.25) is 4.79 Å². The summed E-state index contributed by atoms with van der Waals surface area (Å²) in [5, 5.41) is 18.4. The summed E-state index contributed by atoms with van der Waals surface area (Å²) in [4.78, 5) is 20.3. The van der Waals surface area contributed by atoms with Crippen molar-refractivity contribution < 1.29 is 14.6 Å². The van der Waals surface area contributed by atoms with E-state index in [2.05, 4.69) is 20.3 Å². The van der Waals surface area contributed by atoms with Crippen LogP contribution in [0.2, 0.25) is 0 Å². The van der Waals surface area contributed by atoms with Gasteiger partial charge in [0.2, 0.25) is 0 Å². The maximum atomic E-state index is 11.7. The van der Waals surface area contributed by atoms with Gasteiger partial charge < -0.3 is 9.84 Å². The van der Waals surface area contributed by atoms with Gasteiger partial charge in [-0.25, -0.2) is 9.97 Å². The zero-order valence-electron chi connectivity index (χ0n) is 13.8. The highest BCUT2D eigenvalue weighted by atomic mass is 32.2. The Morgan fingerprint density at radius 3 is 2.76 bits per heavy atom. The van der Waals surface area contributed by atoms with Crippen LogP contribution in [0.3, 0.4) is 0 Å². The Morgan fingerprint density at radius 1 is 1.28 bits per heavy atom. The van der Waals surface area contributed by atoms with Crippen LogP contribution in [0.5, 0.6) is 5.75 Å². The average molecular weight is 357 g/mol. The maximum absolute atomic E-state index is 11.7. The minimum atomic E-state index is -0.253. The summed E-state index contributed by atoms with van der Waals surface area (Å²) in [5.41, 5.74) is 1.66. The third kappa shape index (κ3) is 3.31. The molecule has 0 saturated heterocycles. The van der Waals surface area contributed by atoms with Gasteiger partial charge in [-0.1, -0.05) is 23.0 Å². The van der Waals surface area contributed by atoms with Crippen molar-refractivity contribution in [3.63, 3.8) is 0 Å². The Labute approximate surface area is 147 Å². The van der Waals surface area contributed by atoms with E-state index in [9.17, 15) is 9.90 Å². The lowest BCUT2D eigenvalue weighted by Crippen LogP contribution is -2.00. The highest BCUT2D eigenvalue weighted by Gasteiger charge is 2.18. The van der Waals surface area contributed by atoms with Crippen LogP contribution < -0.4 is 4.74 Å². The highest BCUT2D eigenvalue weighted by molar-refractivity contribution is 8.04. The lowest BCUT2D eigenvalue weighted by atomic mass is 10.3. The molecule has 0 aliphatic rings. The molecule has 3 aromatic rings. The molecular formula is C16H15N5O3S. The first-order chi connectivity index (χ1) is 12.0. The molecule has 1 N–H and O–H groups in total. The van der Waals surface area contributed by atoms with E-state index in [4.69, 9.17) is 4.74 Å². The molecule has 128 valence electrons. The molecule has 0 saturated carbocycles. The first-order valence-corrected chi connectivity index (χ1v) is 8.12. The van der Waals surface area contributed by atoms with Crippen LogP contribution in [0, 0.1) is 0 Å². The smallest absolute Gasteiger partial charge is 0.187 e. The Balaban J connectivity index is 2.09. The number of aliphatic hydroxyl groups excluding tert-OH is 1. The topological polar surface area (TPSA) is 103 Å². The van der Waals surface area contributed by atoms with Crippen molar-refractivity contribution in [2.24, 2.45) is 0 Å². The van der Waals surface area contributed by atoms with E-state index in [0.29, 0.717) is 21.9 Å². The maximum Gasteiger partial charge on any atom is 0.187 e. The molecule has 0 unspecified atom stereocenters. The highest BCUT2D eigenvalue weighted by Crippen LogP contribution is 2.31. The Kier molecular flexibility index (Phi) is 4.66. The molecule has 0 spiro atoms. The van der Waals surface area contributed by atoms with Crippen LogP contribution in [0.1, 0.15) is 13.8 Å². The van der Waals surface area contributed by atoms with Crippen molar-refractivity contribution >= 4 is 28.7 Å². The standard InChI is InChI=1S/C16H15N5O3S/c1-9(22)14(10(2)23)25-16-13-15(17-8-18-16)21(20-19-13)11-5-4-6-12(7-11)24-3/h4-8,22H,1-3H3/b14-9-. The molecule has 2 heterocycles. The van der Waals surface area contributed by atoms with Crippen LogP contribution >= 0.6 is 11.8 Å². The number of Topliss-reactive ketones (excluding diaryl/α,β-unsaturated/α-hetero) is 1. The molecule has 0 fully saturated rings. The molecular weight excluding hydrogens is 342 g/mol. The number of hydrogen-bond acceptors (Lipinski definition) is 8. The van der Waals surface area contributed by atoms with Gasteiger partial charge in [-0.2, -0.15) is 4.68 Å². The number of methoxy groups -OCH3 is 1. The molecule has 3 rings (SSSR count). The Bertz CT molecular complexity index is 979. The SMILES string of the molecule is COc1cccc(-n2nnc3c(S/C(C(C)=O)=C(/C)O)ncnc32)c1. The van der Waals surface area contributed by atoms with E-state index in [1.807, 2.05) is 24.3 Å². The minimum Gasteiger partial charge on any atom is -0.511 e. The molecule has 0 amide bonds. The molecule has 1 aromatic carbocycles. The van der Waals surface area contributed by atoms with Gasteiger partial charge in [-0.15, -0.1) is 5.10 Å². The van der Waals surface area contributed by atoms with Gasteiger partial charge in [0.05, 0.1) is 17.7 Å². The first kappa shape index (κ1) is 16.9. The number of fused-ring (bicyclic) bond motifs is 1. The molecule has 0 aliphatic heterocycles. The van der Waals surface area contributed by atoms with E-state index in [-0.39, 0.29) is 16.4 Å². The van der Waals surface area contributed by atoms with Crippen molar-refractivity contribution in [1.29, 1.82) is 0 Å². The van der Waals surface area contributed by atoms with Crippen LogP contribution in [0.4, 0.5) is 0 Å². The number of rotatable bonds is 5. The zero-order chi connectivity index (χ0) is 18.0. The van der Waals surface area contributed by atoms with Crippen LogP contribution in [-0.2, 0) is 4.79 Å². The third-order valence-electron chi connectivity index (χ3n) is 3.35. The number of hydrogen-bond donors (Lipinski definition) is 1. The van der Waals surface area contributed by atoms with Crippen molar-refractivity contribution in [3.05, 3.63) is 41.3 Å². The monoisotopic (exact) mass is 357 g/mol. The number of carbonyl (C=O) groups excluding carboxylic acids is 1. The molecule has 8 nitrogen and oxygen atoms in total. The zero-order valence-corrected chi connectivity index (χ0v) is 14.6. The largest absolute Gasteiger partial charge is 0.511 e. The fourth-order valence-corrected chi connectivity index (χ4v) is 3.03. The summed E-state index contributed by atoms with van der Waals surface area (Å²) in [5.74, 6) is 0.365. The van der Waals surface area contributed by atoms with Crippen molar-refractivity contribution in [3.8, 4) is 11.4 Å². The summed E-state index contributed by atoms with van der Waals surface area (Å²) in [6.45, 7) is 2.84. The number of ether oxygens (including phenoxy) is 1. The summed E-state index contributed by atoms with van der Waals surface area (Å²) in [7, 11) is 1.59. The molecule has 0 bridgehead atoms. The number of nitrogens with zero attached hydrogens (tertiary/aromatic N) is 5. The molecule has 0 aliphatic carbocycles. The normalized spacial score (nSPS) is 12.1. The van der Waals surface area contributed by atoms with Crippen molar-refractivity contribution in [2.45, 2.75) is 18.9 Å². The van der Waals surface area contributed by atoms with Gasteiger partial charge >= 0.3 is 0 Å². The molecule has 9 heteroatoms. The Hall–Kier alpha value is -2.94. The molecule has 2 aromatic heterocycles. The van der Waals surface area contributed by atoms with Gasteiger partial charge in [0.25, 0.3) is 0 Å². The Morgan fingerprint density at radius 2 is 2.08 bits per heavy atom. The van der Waals surface area contributed by atoms with Crippen molar-refractivity contribution in [2.75, 3.05) is 7.11 Å². The number of thioether (sulfide) groups is 1. The van der Waals surface area contributed by atoms with E-state index >= 15 is 0 Å². The number of aromatic nitrogens is 5. The predicted molar refractivity (Wildman–Crippen MR) is 92.9 cm³/mol. The average Bonchev–Trinajstić information content (AvgIpc) is 3.04. The molecule has 0 radical (unpaired) electrons. The van der Waals surface area contributed by atoms with E-state index in [0.717, 1.165) is 17.4 Å². The van der Waals surface area contributed by atoms with Crippen LogP contribution in [0.15, 0.2) is 46.3 Å². The number of carbonyl (C=O) groups is 1. The third-order valence-corrected chi connectivity index (χ3v) is 4.63. The van der Waals surface area contributed by atoms with Gasteiger partial charge in [0.15, 0.2) is 16.9 Å². The summed E-state index contributed by atoms with van der Waals surface area (Å²) in [6, 6.07) is 7.32. The fraction of sp³-hybridized carbons (Fsp3) is 0.188. The fourth-order valence-electron chi connectivity index (χ4n) is 2.22. The number of ketones is 1. The second kappa shape index (κ2) is 6.89. The summed E-state index contributed by atoms with van der Waals surface area (Å²) < 4.78 is 6.79. The van der Waals surface area contributed by atoms with Gasteiger partial charge in [0, 0.05) is 6.07 Å². The second-order valence-corrected chi connectivity index (χ2v) is 6.13. The summed E-state index contributed by atoms with van der Waals surface area (Å²) >= 11 is 1.04. The minimum absolute atomic E-state index is 0.0653. The number of aliphatic hydroxyl groups is 1. The van der Waals surface area contributed by atoms with Gasteiger partial charge in [0.1, 0.15) is 22.9 Å². The van der Waals surface area contributed by atoms with Crippen LogP contribution in [0.25, 0.3) is 16.9 Å². The second-order valence-electron chi connectivity index (χ2n) is 5.13. The molecule has 25 heavy (non-hydrogen) atoms. The number of allylic oxidation sites excluding steroid dienone is 2. The van der Waals surface area contributed by atoms with Crippen LogP contribution in [-0.4, -0.2) is 43.0 Å². The lowest BCUT2D eigenvalue weighted by Gasteiger charge is -2.06. The van der Waals surface area contributed by atoms with E-state index < -0.39 is 0 Å².